The first-order valence-electron chi connectivity index (χ1n) is 22.2. The Morgan fingerprint density at radius 1 is 0.277 bits per heavy atom. The van der Waals surface area contributed by atoms with Crippen molar-refractivity contribution in [2.24, 2.45) is 0 Å². The summed E-state index contributed by atoms with van der Waals surface area (Å²) in [6, 6.07) is 91.2. The summed E-state index contributed by atoms with van der Waals surface area (Å²) in [5, 5.41) is 6.75. The SMILES string of the molecule is c1ccc(-c2ccc(N(c3ccc(-c4ccccc4)cc3)c3cc4c(oc5cccc(-c6ccc(N(c7ccccc7)c7cccc8ccccc78)cc6)c54)c4ccccc34)cc2)cc1. The first-order chi connectivity index (χ1) is 32.2. The molecule has 12 rings (SSSR count). The number of benzene rings is 11. The summed E-state index contributed by atoms with van der Waals surface area (Å²) in [6.07, 6.45) is 0. The summed E-state index contributed by atoms with van der Waals surface area (Å²) in [5.41, 5.74) is 15.3. The largest absolute Gasteiger partial charge is 0.455 e. The van der Waals surface area contributed by atoms with E-state index in [1.54, 1.807) is 0 Å². The van der Waals surface area contributed by atoms with Gasteiger partial charge in [-0.05, 0) is 105 Å². The van der Waals surface area contributed by atoms with Crippen molar-refractivity contribution in [1.82, 2.24) is 0 Å². The molecule has 0 amide bonds. The van der Waals surface area contributed by atoms with Crippen LogP contribution in [-0.2, 0) is 0 Å². The molecule has 12 aromatic rings. The number of hydrogen-bond acceptors (Lipinski definition) is 3. The van der Waals surface area contributed by atoms with Crippen LogP contribution < -0.4 is 9.80 Å². The summed E-state index contributed by atoms with van der Waals surface area (Å²) in [6.45, 7) is 0. The molecule has 3 nitrogen and oxygen atoms in total. The van der Waals surface area contributed by atoms with Crippen molar-refractivity contribution in [3.63, 3.8) is 0 Å². The number of nitrogens with zero attached hydrogens (tertiary/aromatic N) is 2. The predicted octanol–water partition coefficient (Wildman–Crippen LogP) is 17.8. The molecule has 1 aromatic heterocycles. The van der Waals surface area contributed by atoms with Crippen LogP contribution in [0.3, 0.4) is 0 Å². The van der Waals surface area contributed by atoms with Crippen LogP contribution in [-0.4, -0.2) is 0 Å². The first-order valence-corrected chi connectivity index (χ1v) is 22.2. The monoisotopic (exact) mass is 830 g/mol. The summed E-state index contributed by atoms with van der Waals surface area (Å²) in [7, 11) is 0. The Balaban J connectivity index is 1.02. The molecule has 0 saturated carbocycles. The van der Waals surface area contributed by atoms with Gasteiger partial charge in [0.05, 0.1) is 11.4 Å². The van der Waals surface area contributed by atoms with Gasteiger partial charge in [-0.2, -0.15) is 0 Å². The first kappa shape index (κ1) is 38.0. The Morgan fingerprint density at radius 2 is 0.723 bits per heavy atom. The number of furan rings is 1. The minimum atomic E-state index is 0.858. The number of fused-ring (bicyclic) bond motifs is 6. The highest BCUT2D eigenvalue weighted by Crippen LogP contribution is 2.47. The van der Waals surface area contributed by atoms with E-state index in [-0.39, 0.29) is 0 Å². The van der Waals surface area contributed by atoms with E-state index in [9.17, 15) is 0 Å². The van der Waals surface area contributed by atoms with E-state index in [2.05, 4.69) is 265 Å². The van der Waals surface area contributed by atoms with Gasteiger partial charge >= 0.3 is 0 Å². The molecule has 0 aliphatic carbocycles. The van der Waals surface area contributed by atoms with Crippen LogP contribution in [0.25, 0.3) is 76.9 Å². The molecule has 11 aromatic carbocycles. The van der Waals surface area contributed by atoms with Crippen LogP contribution in [0, 0.1) is 0 Å². The second kappa shape index (κ2) is 16.2. The van der Waals surface area contributed by atoms with Gasteiger partial charge in [-0.25, -0.2) is 0 Å². The molecule has 0 aliphatic rings. The second-order valence-electron chi connectivity index (χ2n) is 16.5. The molecule has 0 atom stereocenters. The topological polar surface area (TPSA) is 19.6 Å². The van der Waals surface area contributed by atoms with Crippen molar-refractivity contribution in [2.75, 3.05) is 9.80 Å². The van der Waals surface area contributed by atoms with Gasteiger partial charge in [0.25, 0.3) is 0 Å². The van der Waals surface area contributed by atoms with Crippen molar-refractivity contribution in [2.45, 2.75) is 0 Å². The van der Waals surface area contributed by atoms with Gasteiger partial charge in [0.1, 0.15) is 11.2 Å². The lowest BCUT2D eigenvalue weighted by molar-refractivity contribution is 0.673. The maximum Gasteiger partial charge on any atom is 0.143 e. The lowest BCUT2D eigenvalue weighted by atomic mass is 9.96. The van der Waals surface area contributed by atoms with Gasteiger partial charge in [-0.15, -0.1) is 0 Å². The molecule has 306 valence electrons. The number of anilines is 6. The van der Waals surface area contributed by atoms with Crippen LogP contribution in [0.2, 0.25) is 0 Å². The molecule has 0 radical (unpaired) electrons. The van der Waals surface area contributed by atoms with Crippen LogP contribution >= 0.6 is 0 Å². The Kier molecular flexibility index (Phi) is 9.50. The fraction of sp³-hybridized carbons (Fsp3) is 0. The quantitative estimate of drug-likeness (QED) is 0.144. The van der Waals surface area contributed by atoms with Crippen LogP contribution in [0.5, 0.6) is 0 Å². The second-order valence-corrected chi connectivity index (χ2v) is 16.5. The van der Waals surface area contributed by atoms with E-state index in [1.165, 1.54) is 33.0 Å². The van der Waals surface area contributed by atoms with Crippen LogP contribution in [0.1, 0.15) is 0 Å². The highest BCUT2D eigenvalue weighted by molar-refractivity contribution is 6.22. The standard InChI is InChI=1S/C62H42N2O/c1-4-16-43(17-5-1)45-30-36-51(37-31-45)64(52-38-32-46(33-39-52)44-18-6-2-7-19-44)59-42-57-61-54(27-15-29-60(61)65-62(57)56-26-13-12-25-55(56)59)48-34-40-50(41-35-48)63(49-22-8-3-9-23-49)58-28-14-21-47-20-10-11-24-53(47)58/h1-42H. The minimum Gasteiger partial charge on any atom is -0.455 e. The smallest absolute Gasteiger partial charge is 0.143 e. The number of para-hydroxylation sites is 1. The Morgan fingerprint density at radius 3 is 1.34 bits per heavy atom. The summed E-state index contributed by atoms with van der Waals surface area (Å²) < 4.78 is 6.90. The lowest BCUT2D eigenvalue weighted by Gasteiger charge is -2.27. The number of hydrogen-bond donors (Lipinski definition) is 0. The average molecular weight is 831 g/mol. The van der Waals surface area contributed by atoms with Crippen molar-refractivity contribution in [3.05, 3.63) is 255 Å². The minimum absolute atomic E-state index is 0.858. The summed E-state index contributed by atoms with van der Waals surface area (Å²) >= 11 is 0. The Hall–Kier alpha value is -8.66. The summed E-state index contributed by atoms with van der Waals surface area (Å²) in [5.74, 6) is 0. The Bertz CT molecular complexity index is 3530. The van der Waals surface area contributed by atoms with E-state index in [4.69, 9.17) is 4.42 Å². The predicted molar refractivity (Wildman–Crippen MR) is 274 cm³/mol. The molecule has 0 fully saturated rings. The van der Waals surface area contributed by atoms with Gasteiger partial charge < -0.3 is 14.2 Å². The Labute approximate surface area is 378 Å². The van der Waals surface area contributed by atoms with E-state index in [0.717, 1.165) is 78.0 Å². The highest BCUT2D eigenvalue weighted by Gasteiger charge is 2.23. The van der Waals surface area contributed by atoms with E-state index in [0.29, 0.717) is 0 Å². The fourth-order valence-corrected chi connectivity index (χ4v) is 9.55. The van der Waals surface area contributed by atoms with Gasteiger partial charge in [0.2, 0.25) is 0 Å². The molecule has 0 unspecified atom stereocenters. The van der Waals surface area contributed by atoms with Gasteiger partial charge in [-0.3, -0.25) is 0 Å². The highest BCUT2D eigenvalue weighted by atomic mass is 16.3. The molecule has 3 heteroatoms. The van der Waals surface area contributed by atoms with Crippen molar-refractivity contribution in [1.29, 1.82) is 0 Å². The lowest BCUT2D eigenvalue weighted by Crippen LogP contribution is -2.10. The van der Waals surface area contributed by atoms with Crippen LogP contribution in [0.15, 0.2) is 259 Å². The fourth-order valence-electron chi connectivity index (χ4n) is 9.55. The zero-order valence-electron chi connectivity index (χ0n) is 35.6. The van der Waals surface area contributed by atoms with Crippen molar-refractivity contribution < 1.29 is 4.42 Å². The molecule has 0 aliphatic heterocycles. The van der Waals surface area contributed by atoms with E-state index < -0.39 is 0 Å². The molecule has 0 saturated heterocycles. The third-order valence-corrected chi connectivity index (χ3v) is 12.6. The maximum atomic E-state index is 6.90. The molecular formula is C62H42N2O. The third-order valence-electron chi connectivity index (χ3n) is 12.6. The molecule has 0 N–H and O–H groups in total. The molecular weight excluding hydrogens is 789 g/mol. The van der Waals surface area contributed by atoms with Crippen LogP contribution in [0.4, 0.5) is 34.1 Å². The average Bonchev–Trinajstić information content (AvgIpc) is 3.77. The molecule has 0 bridgehead atoms. The third kappa shape index (κ3) is 6.87. The normalized spacial score (nSPS) is 11.4. The van der Waals surface area contributed by atoms with Crippen molar-refractivity contribution >= 4 is 77.6 Å². The molecule has 0 spiro atoms. The van der Waals surface area contributed by atoms with E-state index >= 15 is 0 Å². The number of rotatable bonds is 9. The molecule has 1 heterocycles. The van der Waals surface area contributed by atoms with Gasteiger partial charge in [0, 0.05) is 49.7 Å². The van der Waals surface area contributed by atoms with Crippen molar-refractivity contribution in [3.8, 4) is 33.4 Å². The van der Waals surface area contributed by atoms with Gasteiger partial charge in [0.15, 0.2) is 0 Å². The van der Waals surface area contributed by atoms with E-state index in [1.807, 2.05) is 0 Å². The maximum absolute atomic E-state index is 6.90. The summed E-state index contributed by atoms with van der Waals surface area (Å²) in [4.78, 5) is 4.75. The zero-order chi connectivity index (χ0) is 43.1. The van der Waals surface area contributed by atoms with Gasteiger partial charge in [-0.1, -0.05) is 188 Å². The molecule has 65 heavy (non-hydrogen) atoms. The zero-order valence-corrected chi connectivity index (χ0v) is 35.6.